The zero-order chi connectivity index (χ0) is 14.5. The molecule has 0 aromatic carbocycles. The minimum Gasteiger partial charge on any atom is -0.396 e. The Kier molecular flexibility index (Phi) is 5.30. The lowest BCUT2D eigenvalue weighted by molar-refractivity contribution is 0.0843. The van der Waals surface area contributed by atoms with Crippen LogP contribution in [0, 0.1) is 5.41 Å². The van der Waals surface area contributed by atoms with Crippen molar-refractivity contribution in [1.29, 1.82) is 0 Å². The number of aliphatic hydroxyl groups is 1. The lowest BCUT2D eigenvalue weighted by atomic mass is 9.83. The van der Waals surface area contributed by atoms with Crippen LogP contribution >= 0.6 is 0 Å². The Morgan fingerprint density at radius 1 is 1.37 bits per heavy atom. The average Bonchev–Trinajstić information content (AvgIpc) is 2.44. The molecule has 106 valence electrons. The van der Waals surface area contributed by atoms with Gasteiger partial charge in [0.25, 0.3) is 11.5 Å². The van der Waals surface area contributed by atoms with E-state index in [-0.39, 0.29) is 23.5 Å². The fourth-order valence-corrected chi connectivity index (χ4v) is 1.93. The fraction of sp³-hybridized carbons (Fsp3) is 0.571. The summed E-state index contributed by atoms with van der Waals surface area (Å²) in [5.74, 6) is -0.292. The van der Waals surface area contributed by atoms with Crippen molar-refractivity contribution in [3.8, 4) is 0 Å². The minimum absolute atomic E-state index is 0.0357. The van der Waals surface area contributed by atoms with Crippen LogP contribution < -0.4 is 10.9 Å². The summed E-state index contributed by atoms with van der Waals surface area (Å²) in [6, 6.07) is 4.58. The van der Waals surface area contributed by atoms with E-state index in [1.54, 1.807) is 19.2 Å². The second-order valence-corrected chi connectivity index (χ2v) is 4.86. The highest BCUT2D eigenvalue weighted by molar-refractivity contribution is 5.92. The first kappa shape index (κ1) is 15.4. The molecule has 2 N–H and O–H groups in total. The highest BCUT2D eigenvalue weighted by Gasteiger charge is 2.26. The molecule has 0 atom stereocenters. The van der Waals surface area contributed by atoms with E-state index in [0.717, 1.165) is 12.8 Å². The largest absolute Gasteiger partial charge is 0.396 e. The van der Waals surface area contributed by atoms with Crippen LogP contribution in [-0.4, -0.2) is 28.7 Å². The van der Waals surface area contributed by atoms with Gasteiger partial charge in [-0.2, -0.15) is 0 Å². The van der Waals surface area contributed by atoms with Gasteiger partial charge in [-0.25, -0.2) is 0 Å². The third-order valence-electron chi connectivity index (χ3n) is 3.88. The first-order valence-electron chi connectivity index (χ1n) is 6.54. The van der Waals surface area contributed by atoms with Crippen LogP contribution in [0.1, 0.15) is 37.2 Å². The highest BCUT2D eigenvalue weighted by atomic mass is 16.3. The SMILES string of the molecule is CCC(CC)(CO)CNC(=O)c1cccc(=O)n1C. The topological polar surface area (TPSA) is 71.3 Å². The van der Waals surface area contributed by atoms with Crippen molar-refractivity contribution < 1.29 is 9.90 Å². The molecule has 0 aliphatic carbocycles. The minimum atomic E-state index is -0.292. The monoisotopic (exact) mass is 266 g/mol. The van der Waals surface area contributed by atoms with Gasteiger partial charge >= 0.3 is 0 Å². The van der Waals surface area contributed by atoms with E-state index in [4.69, 9.17) is 0 Å². The van der Waals surface area contributed by atoms with Gasteiger partial charge in [0.1, 0.15) is 5.69 Å². The average molecular weight is 266 g/mol. The number of rotatable bonds is 6. The Labute approximate surface area is 113 Å². The van der Waals surface area contributed by atoms with Crippen molar-refractivity contribution in [3.05, 3.63) is 34.2 Å². The standard InChI is InChI=1S/C14H22N2O3/c1-4-14(5-2,10-17)9-15-13(19)11-7-6-8-12(18)16(11)3/h6-8,17H,4-5,9-10H2,1-3H3,(H,15,19). The summed E-state index contributed by atoms with van der Waals surface area (Å²) < 4.78 is 1.31. The zero-order valence-corrected chi connectivity index (χ0v) is 11.8. The van der Waals surface area contributed by atoms with E-state index in [1.807, 2.05) is 13.8 Å². The van der Waals surface area contributed by atoms with Crippen molar-refractivity contribution in [3.63, 3.8) is 0 Å². The Morgan fingerprint density at radius 2 is 2.00 bits per heavy atom. The number of amides is 1. The first-order chi connectivity index (χ1) is 8.99. The van der Waals surface area contributed by atoms with Gasteiger partial charge in [0, 0.05) is 25.1 Å². The lowest BCUT2D eigenvalue weighted by Gasteiger charge is -2.29. The molecule has 0 saturated carbocycles. The normalized spacial score (nSPS) is 11.4. The van der Waals surface area contributed by atoms with Crippen LogP contribution in [0.4, 0.5) is 0 Å². The number of hydrogen-bond acceptors (Lipinski definition) is 3. The van der Waals surface area contributed by atoms with Crippen molar-refractivity contribution in [2.45, 2.75) is 26.7 Å². The van der Waals surface area contributed by atoms with Gasteiger partial charge in [-0.15, -0.1) is 0 Å². The van der Waals surface area contributed by atoms with Gasteiger partial charge in [-0.05, 0) is 18.9 Å². The number of hydrogen-bond donors (Lipinski definition) is 2. The van der Waals surface area contributed by atoms with Crippen LogP contribution in [0.25, 0.3) is 0 Å². The molecule has 0 aliphatic rings. The quantitative estimate of drug-likeness (QED) is 0.804. The van der Waals surface area contributed by atoms with Crippen LogP contribution in [0.15, 0.2) is 23.0 Å². The van der Waals surface area contributed by atoms with Gasteiger partial charge in [0.05, 0.1) is 6.61 Å². The number of carbonyl (C=O) groups is 1. The summed E-state index contributed by atoms with van der Waals surface area (Å²) >= 11 is 0. The van der Waals surface area contributed by atoms with E-state index in [2.05, 4.69) is 5.32 Å². The molecule has 0 radical (unpaired) electrons. The van der Waals surface area contributed by atoms with Crippen molar-refractivity contribution in [2.75, 3.05) is 13.2 Å². The molecule has 1 heterocycles. The second-order valence-electron chi connectivity index (χ2n) is 4.86. The fourth-order valence-electron chi connectivity index (χ4n) is 1.93. The Balaban J connectivity index is 2.81. The predicted octanol–water partition coefficient (Wildman–Crippen LogP) is 0.914. The predicted molar refractivity (Wildman–Crippen MR) is 74.1 cm³/mol. The number of aliphatic hydroxyl groups excluding tert-OH is 1. The molecule has 0 unspecified atom stereocenters. The van der Waals surface area contributed by atoms with E-state index >= 15 is 0 Å². The summed E-state index contributed by atoms with van der Waals surface area (Å²) in [5, 5.41) is 12.3. The van der Waals surface area contributed by atoms with Gasteiger partial charge in [-0.1, -0.05) is 19.9 Å². The molecular formula is C14H22N2O3. The maximum atomic E-state index is 12.1. The molecule has 0 bridgehead atoms. The number of pyridine rings is 1. The second kappa shape index (κ2) is 6.52. The molecule has 5 nitrogen and oxygen atoms in total. The third-order valence-corrected chi connectivity index (χ3v) is 3.88. The molecule has 1 rings (SSSR count). The van der Waals surface area contributed by atoms with Gasteiger partial charge in [0.15, 0.2) is 0 Å². The molecule has 0 saturated heterocycles. The van der Waals surface area contributed by atoms with Crippen LogP contribution in [-0.2, 0) is 7.05 Å². The smallest absolute Gasteiger partial charge is 0.268 e. The van der Waals surface area contributed by atoms with E-state index < -0.39 is 0 Å². The molecular weight excluding hydrogens is 244 g/mol. The molecule has 0 aliphatic heterocycles. The van der Waals surface area contributed by atoms with Gasteiger partial charge in [0.2, 0.25) is 0 Å². The number of carbonyl (C=O) groups excluding carboxylic acids is 1. The van der Waals surface area contributed by atoms with Crippen LogP contribution in [0.5, 0.6) is 0 Å². The zero-order valence-electron chi connectivity index (χ0n) is 11.8. The Morgan fingerprint density at radius 3 is 2.53 bits per heavy atom. The molecule has 1 amide bonds. The highest BCUT2D eigenvalue weighted by Crippen LogP contribution is 2.24. The van der Waals surface area contributed by atoms with Crippen molar-refractivity contribution in [1.82, 2.24) is 9.88 Å². The molecule has 1 aromatic rings. The summed E-state index contributed by atoms with van der Waals surface area (Å²) in [6.07, 6.45) is 1.57. The molecule has 1 aromatic heterocycles. The molecule has 0 spiro atoms. The van der Waals surface area contributed by atoms with Crippen molar-refractivity contribution >= 4 is 5.91 Å². The molecule has 0 fully saturated rings. The van der Waals surface area contributed by atoms with Crippen LogP contribution in [0.2, 0.25) is 0 Å². The maximum Gasteiger partial charge on any atom is 0.268 e. The number of nitrogens with one attached hydrogen (secondary N) is 1. The van der Waals surface area contributed by atoms with E-state index in [0.29, 0.717) is 12.2 Å². The Bertz CT molecular complexity index is 481. The van der Waals surface area contributed by atoms with Gasteiger partial charge in [-0.3, -0.25) is 9.59 Å². The summed E-state index contributed by atoms with van der Waals surface area (Å²) in [6.45, 7) is 4.42. The lowest BCUT2D eigenvalue weighted by Crippen LogP contribution is -2.40. The Hall–Kier alpha value is -1.62. The maximum absolute atomic E-state index is 12.1. The van der Waals surface area contributed by atoms with Crippen molar-refractivity contribution in [2.24, 2.45) is 12.5 Å². The van der Waals surface area contributed by atoms with E-state index in [9.17, 15) is 14.7 Å². The van der Waals surface area contributed by atoms with E-state index in [1.165, 1.54) is 10.6 Å². The summed E-state index contributed by atoms with van der Waals surface area (Å²) in [5.41, 5.74) is -0.179. The van der Waals surface area contributed by atoms with Gasteiger partial charge < -0.3 is 15.0 Å². The molecule has 19 heavy (non-hydrogen) atoms. The number of nitrogens with zero attached hydrogens (tertiary/aromatic N) is 1. The van der Waals surface area contributed by atoms with Crippen LogP contribution in [0.3, 0.4) is 0 Å². The summed E-state index contributed by atoms with van der Waals surface area (Å²) in [4.78, 5) is 23.5. The summed E-state index contributed by atoms with van der Waals surface area (Å²) in [7, 11) is 1.57. The molecule has 5 heteroatoms. The number of aromatic nitrogens is 1. The third kappa shape index (κ3) is 3.44. The first-order valence-corrected chi connectivity index (χ1v) is 6.54.